The van der Waals surface area contributed by atoms with Gasteiger partial charge in [-0.15, -0.1) is 10.2 Å². The molecule has 0 saturated carbocycles. The number of anilines is 1. The van der Waals surface area contributed by atoms with Gasteiger partial charge in [0.15, 0.2) is 5.82 Å². The van der Waals surface area contributed by atoms with Crippen LogP contribution >= 0.6 is 0 Å². The first-order valence-corrected chi connectivity index (χ1v) is 8.95. The summed E-state index contributed by atoms with van der Waals surface area (Å²) < 4.78 is 7.55. The van der Waals surface area contributed by atoms with Crippen molar-refractivity contribution >= 4 is 5.82 Å². The van der Waals surface area contributed by atoms with E-state index in [4.69, 9.17) is 4.74 Å². The van der Waals surface area contributed by atoms with Gasteiger partial charge in [0.05, 0.1) is 30.5 Å². The van der Waals surface area contributed by atoms with Gasteiger partial charge in [-0.1, -0.05) is 6.07 Å². The zero-order valence-electron chi connectivity index (χ0n) is 15.4. The third-order valence-corrected chi connectivity index (χ3v) is 4.96. The Labute approximate surface area is 153 Å². The number of hydrogen-bond donors (Lipinski definition) is 0. The quantitative estimate of drug-likeness (QED) is 0.720. The average molecular weight is 349 g/mol. The molecule has 1 atom stereocenters. The summed E-state index contributed by atoms with van der Waals surface area (Å²) in [6.45, 7) is 5.27. The lowest BCUT2D eigenvalue weighted by atomic mass is 10.1. The van der Waals surface area contributed by atoms with Crippen LogP contribution in [0.4, 0.5) is 5.82 Å². The fourth-order valence-corrected chi connectivity index (χ4v) is 3.51. The van der Waals surface area contributed by atoms with Crippen molar-refractivity contribution < 1.29 is 4.74 Å². The molecule has 0 N–H and O–H groups in total. The van der Waals surface area contributed by atoms with Gasteiger partial charge in [0.1, 0.15) is 5.75 Å². The number of rotatable bonds is 4. The third-order valence-electron chi connectivity index (χ3n) is 4.96. The van der Waals surface area contributed by atoms with Gasteiger partial charge in [-0.3, -0.25) is 0 Å². The van der Waals surface area contributed by atoms with E-state index < -0.39 is 0 Å². The fourth-order valence-electron chi connectivity index (χ4n) is 3.51. The first-order chi connectivity index (χ1) is 12.7. The van der Waals surface area contributed by atoms with Crippen LogP contribution in [0.5, 0.6) is 5.75 Å². The van der Waals surface area contributed by atoms with E-state index in [-0.39, 0.29) is 0 Å². The normalized spacial score (nSPS) is 16.9. The molecular weight excluding hydrogens is 326 g/mol. The SMILES string of the molecule is COc1cc(-c2ccc(N3CCC[C@@H]3C)nn2)ccc1-n1cnc(C)c1. The summed E-state index contributed by atoms with van der Waals surface area (Å²) in [6, 6.07) is 10.7. The Morgan fingerprint density at radius 1 is 1.15 bits per heavy atom. The largest absolute Gasteiger partial charge is 0.495 e. The Hall–Kier alpha value is -2.89. The van der Waals surface area contributed by atoms with Crippen molar-refractivity contribution in [2.75, 3.05) is 18.6 Å². The van der Waals surface area contributed by atoms with Crippen LogP contribution in [0.2, 0.25) is 0 Å². The van der Waals surface area contributed by atoms with E-state index >= 15 is 0 Å². The highest BCUT2D eigenvalue weighted by molar-refractivity contribution is 5.66. The first-order valence-electron chi connectivity index (χ1n) is 8.95. The lowest BCUT2D eigenvalue weighted by Crippen LogP contribution is -2.27. The molecule has 4 rings (SSSR count). The van der Waals surface area contributed by atoms with E-state index in [0.717, 1.165) is 40.8 Å². The Kier molecular flexibility index (Phi) is 4.32. The summed E-state index contributed by atoms with van der Waals surface area (Å²) in [7, 11) is 1.68. The average Bonchev–Trinajstić information content (AvgIpc) is 3.29. The monoisotopic (exact) mass is 349 g/mol. The van der Waals surface area contributed by atoms with Gasteiger partial charge in [-0.05, 0) is 51.0 Å². The Balaban J connectivity index is 1.63. The molecule has 1 aliphatic heterocycles. The molecule has 6 nitrogen and oxygen atoms in total. The summed E-state index contributed by atoms with van der Waals surface area (Å²) in [5.41, 5.74) is 3.74. The number of hydrogen-bond acceptors (Lipinski definition) is 5. The Morgan fingerprint density at radius 3 is 2.65 bits per heavy atom. The molecular formula is C20H23N5O. The molecule has 6 heteroatoms. The minimum Gasteiger partial charge on any atom is -0.495 e. The fraction of sp³-hybridized carbons (Fsp3) is 0.350. The molecule has 0 spiro atoms. The topological polar surface area (TPSA) is 56.1 Å². The van der Waals surface area contributed by atoms with Crippen LogP contribution in [-0.2, 0) is 0 Å². The zero-order chi connectivity index (χ0) is 18.1. The van der Waals surface area contributed by atoms with Gasteiger partial charge in [-0.2, -0.15) is 0 Å². The number of aromatic nitrogens is 4. The van der Waals surface area contributed by atoms with Crippen LogP contribution < -0.4 is 9.64 Å². The number of imidazole rings is 1. The molecule has 0 radical (unpaired) electrons. The Bertz CT molecular complexity index is 903. The maximum Gasteiger partial charge on any atom is 0.151 e. The summed E-state index contributed by atoms with van der Waals surface area (Å²) in [5, 5.41) is 8.89. The highest BCUT2D eigenvalue weighted by Crippen LogP contribution is 2.30. The van der Waals surface area contributed by atoms with E-state index in [0.29, 0.717) is 6.04 Å². The molecule has 1 aliphatic rings. The lowest BCUT2D eigenvalue weighted by Gasteiger charge is -2.21. The van der Waals surface area contributed by atoms with Crippen molar-refractivity contribution in [3.05, 3.63) is 48.5 Å². The standard InChI is InChI=1S/C20H23N5O/c1-14-12-24(13-21-14)18-8-6-16(11-19(18)26-3)17-7-9-20(23-22-17)25-10-4-5-15(25)2/h6-9,11-13,15H,4-5,10H2,1-3H3/t15-/m0/s1. The number of nitrogens with zero attached hydrogens (tertiary/aromatic N) is 5. The molecule has 0 unspecified atom stereocenters. The lowest BCUT2D eigenvalue weighted by molar-refractivity contribution is 0.413. The number of benzene rings is 1. The van der Waals surface area contributed by atoms with Crippen LogP contribution in [0, 0.1) is 6.92 Å². The van der Waals surface area contributed by atoms with Gasteiger partial charge < -0.3 is 14.2 Å². The van der Waals surface area contributed by atoms with Crippen molar-refractivity contribution in [1.29, 1.82) is 0 Å². The highest BCUT2D eigenvalue weighted by atomic mass is 16.5. The second kappa shape index (κ2) is 6.78. The third kappa shape index (κ3) is 3.03. The second-order valence-electron chi connectivity index (χ2n) is 6.77. The molecule has 1 aromatic carbocycles. The van der Waals surface area contributed by atoms with E-state index in [1.807, 2.05) is 42.0 Å². The van der Waals surface area contributed by atoms with Crippen LogP contribution in [-0.4, -0.2) is 39.4 Å². The molecule has 26 heavy (non-hydrogen) atoms. The molecule has 0 aliphatic carbocycles. The van der Waals surface area contributed by atoms with Crippen molar-refractivity contribution in [3.63, 3.8) is 0 Å². The maximum absolute atomic E-state index is 5.59. The van der Waals surface area contributed by atoms with Crippen LogP contribution in [0.1, 0.15) is 25.5 Å². The van der Waals surface area contributed by atoms with E-state index in [1.165, 1.54) is 12.8 Å². The van der Waals surface area contributed by atoms with E-state index in [9.17, 15) is 0 Å². The van der Waals surface area contributed by atoms with E-state index in [1.54, 1.807) is 13.4 Å². The second-order valence-corrected chi connectivity index (χ2v) is 6.77. The van der Waals surface area contributed by atoms with Crippen LogP contribution in [0.3, 0.4) is 0 Å². The molecule has 3 aromatic rings. The smallest absolute Gasteiger partial charge is 0.151 e. The maximum atomic E-state index is 5.59. The molecule has 3 heterocycles. The number of methoxy groups -OCH3 is 1. The van der Waals surface area contributed by atoms with Gasteiger partial charge in [-0.25, -0.2) is 4.98 Å². The Morgan fingerprint density at radius 2 is 2.04 bits per heavy atom. The van der Waals surface area contributed by atoms with Gasteiger partial charge in [0, 0.05) is 24.3 Å². The zero-order valence-corrected chi connectivity index (χ0v) is 15.4. The number of ether oxygens (including phenoxy) is 1. The van der Waals surface area contributed by atoms with Crippen LogP contribution in [0.15, 0.2) is 42.9 Å². The van der Waals surface area contributed by atoms with Crippen molar-refractivity contribution in [1.82, 2.24) is 19.7 Å². The van der Waals surface area contributed by atoms with Gasteiger partial charge >= 0.3 is 0 Å². The van der Waals surface area contributed by atoms with Crippen molar-refractivity contribution in [2.24, 2.45) is 0 Å². The summed E-state index contributed by atoms with van der Waals surface area (Å²) in [6.07, 6.45) is 6.20. The molecule has 1 saturated heterocycles. The first kappa shape index (κ1) is 16.6. The minimum atomic E-state index is 0.535. The van der Waals surface area contributed by atoms with Crippen molar-refractivity contribution in [3.8, 4) is 22.7 Å². The summed E-state index contributed by atoms with van der Waals surface area (Å²) >= 11 is 0. The summed E-state index contributed by atoms with van der Waals surface area (Å²) in [5.74, 6) is 1.73. The van der Waals surface area contributed by atoms with Crippen LogP contribution in [0.25, 0.3) is 16.9 Å². The van der Waals surface area contributed by atoms with E-state index in [2.05, 4.69) is 33.1 Å². The molecule has 2 aromatic heterocycles. The molecule has 1 fully saturated rings. The van der Waals surface area contributed by atoms with Gasteiger partial charge in [0.2, 0.25) is 0 Å². The number of aryl methyl sites for hydroxylation is 1. The summed E-state index contributed by atoms with van der Waals surface area (Å²) in [4.78, 5) is 6.60. The minimum absolute atomic E-state index is 0.535. The molecule has 0 bridgehead atoms. The van der Waals surface area contributed by atoms with Gasteiger partial charge in [0.25, 0.3) is 0 Å². The molecule has 0 amide bonds. The predicted octanol–water partition coefficient (Wildman–Crippen LogP) is 3.64. The van der Waals surface area contributed by atoms with Crippen molar-refractivity contribution in [2.45, 2.75) is 32.7 Å². The predicted molar refractivity (Wildman–Crippen MR) is 102 cm³/mol. The molecule has 134 valence electrons. The highest BCUT2D eigenvalue weighted by Gasteiger charge is 2.21.